The maximum Gasteiger partial charge on any atom is 0.0541 e. The smallest absolute Gasteiger partial charge is 0.0541 e. The number of anilines is 6. The van der Waals surface area contributed by atoms with E-state index in [0.29, 0.717) is 0 Å². The second-order valence-corrected chi connectivity index (χ2v) is 38.7. The molecule has 6 nitrogen and oxygen atoms in total. The van der Waals surface area contributed by atoms with E-state index in [1.54, 1.807) is 0 Å². The normalized spacial score (nSPS) is 11.5. The number of hydrogen-bond donors (Lipinski definition) is 0. The maximum absolute atomic E-state index is 2.37. The SMILES string of the molecule is c1ccc(-c2ccc(N(c3ccc(-c4ccc(-c5ccc(-n6c7ccccc7c7ccccc76)cc5)cc4)cc3)c3ccc(-c4ccc(-c5ccc(-n6c7ccccc7c7ccccc76)cc5)cc4)cc3)cc2)cc1.c1ccc(-c2ccc(N(c3ccc(-c4ccc(-c5ccc6c(c5)c5ccccc5n6-c5ccccc5)cc4)cc3)c3ccc(-c4ccc(-c5ccc6c(c5)c5ccccc5n6-c5ccccc5)cc4)cc3)cc2)cc1. The highest BCUT2D eigenvalue weighted by molar-refractivity contribution is 6.14. The Kier molecular flexibility index (Phi) is 22.9. The lowest BCUT2D eigenvalue weighted by atomic mass is 9.98. The van der Waals surface area contributed by atoms with Crippen molar-refractivity contribution in [1.82, 2.24) is 18.3 Å². The highest BCUT2D eigenvalue weighted by atomic mass is 15.1. The van der Waals surface area contributed by atoms with E-state index in [2.05, 4.69) is 623 Å². The molecule has 0 radical (unpaired) electrons. The van der Waals surface area contributed by atoms with Crippen LogP contribution in [0.5, 0.6) is 0 Å². The van der Waals surface area contributed by atoms with Crippen LogP contribution in [-0.4, -0.2) is 18.3 Å². The van der Waals surface area contributed by atoms with Gasteiger partial charge in [-0.05, 0) is 293 Å². The molecule has 6 heteroatoms. The van der Waals surface area contributed by atoms with E-state index < -0.39 is 0 Å². The molecule has 0 aliphatic rings. The van der Waals surface area contributed by atoms with Crippen LogP contribution < -0.4 is 9.80 Å². The summed E-state index contributed by atoms with van der Waals surface area (Å²) in [5, 5.41) is 10.1. The molecule has 0 bridgehead atoms. The van der Waals surface area contributed by atoms with Gasteiger partial charge in [0.25, 0.3) is 0 Å². The first-order valence-corrected chi connectivity index (χ1v) is 51.5. The van der Waals surface area contributed by atoms with Crippen LogP contribution in [0.2, 0.25) is 0 Å². The summed E-state index contributed by atoms with van der Waals surface area (Å²) in [6, 6.07) is 216. The fourth-order valence-corrected chi connectivity index (χ4v) is 22.4. The first kappa shape index (κ1) is 89.0. The summed E-state index contributed by atoms with van der Waals surface area (Å²) in [4.78, 5) is 4.70. The second-order valence-electron chi connectivity index (χ2n) is 38.7. The molecule has 4 aromatic heterocycles. The lowest BCUT2D eigenvalue weighted by molar-refractivity contribution is 1.18. The fraction of sp³-hybridized carbons (Fsp3) is 0. The number of benzene rings is 24. The number of fused-ring (bicyclic) bond motifs is 12. The van der Waals surface area contributed by atoms with Crippen LogP contribution in [0.15, 0.2) is 595 Å². The molecule has 28 rings (SSSR count). The predicted molar refractivity (Wildman–Crippen MR) is 634 cm³/mol. The van der Waals surface area contributed by atoms with Crippen molar-refractivity contribution in [3.05, 3.63) is 595 Å². The van der Waals surface area contributed by atoms with Gasteiger partial charge in [-0.2, -0.15) is 0 Å². The zero-order chi connectivity index (χ0) is 99.3. The van der Waals surface area contributed by atoms with Gasteiger partial charge in [0, 0.05) is 100.0 Å². The number of hydrogen-bond acceptors (Lipinski definition) is 2. The Morgan fingerprint density at radius 1 is 0.0933 bits per heavy atom. The average molecular weight is 1910 g/mol. The van der Waals surface area contributed by atoms with Crippen molar-refractivity contribution in [2.75, 3.05) is 9.80 Å². The number of rotatable bonds is 20. The van der Waals surface area contributed by atoms with Gasteiger partial charge in [0.05, 0.1) is 44.1 Å². The molecule has 0 atom stereocenters. The van der Waals surface area contributed by atoms with Gasteiger partial charge in [-0.3, -0.25) is 0 Å². The lowest BCUT2D eigenvalue weighted by Crippen LogP contribution is -2.09. The molecule has 0 amide bonds. The Morgan fingerprint density at radius 2 is 0.227 bits per heavy atom. The Labute approximate surface area is 871 Å². The molecule has 0 aliphatic heterocycles. The van der Waals surface area contributed by atoms with E-state index in [1.165, 1.54) is 210 Å². The number of para-hydroxylation sites is 8. The monoisotopic (exact) mass is 1910 g/mol. The second kappa shape index (κ2) is 38.6. The molecule has 0 N–H and O–H groups in total. The van der Waals surface area contributed by atoms with Crippen molar-refractivity contribution in [2.45, 2.75) is 0 Å². The molecule has 0 aliphatic carbocycles. The van der Waals surface area contributed by atoms with Gasteiger partial charge in [-0.1, -0.05) is 413 Å². The Bertz CT molecular complexity index is 9190. The number of aromatic nitrogens is 4. The molecule has 0 saturated carbocycles. The van der Waals surface area contributed by atoms with Gasteiger partial charge in [-0.15, -0.1) is 0 Å². The van der Waals surface area contributed by atoms with E-state index in [4.69, 9.17) is 0 Å². The van der Waals surface area contributed by atoms with Crippen LogP contribution in [0.4, 0.5) is 34.1 Å². The molecule has 0 saturated heterocycles. The van der Waals surface area contributed by atoms with Crippen molar-refractivity contribution in [2.24, 2.45) is 0 Å². The first-order chi connectivity index (χ1) is 74.4. The molecule has 704 valence electrons. The summed E-state index contributed by atoms with van der Waals surface area (Å²) >= 11 is 0. The van der Waals surface area contributed by atoms with Gasteiger partial charge in [-0.25, -0.2) is 0 Å². The first-order valence-electron chi connectivity index (χ1n) is 51.5. The van der Waals surface area contributed by atoms with Crippen molar-refractivity contribution >= 4 is 121 Å². The molecule has 24 aromatic carbocycles. The summed E-state index contributed by atoms with van der Waals surface area (Å²) < 4.78 is 9.47. The summed E-state index contributed by atoms with van der Waals surface area (Å²) in [5.41, 5.74) is 44.7. The third-order valence-electron chi connectivity index (χ3n) is 30.0. The van der Waals surface area contributed by atoms with Gasteiger partial charge in [0.15, 0.2) is 0 Å². The Hall–Kier alpha value is -19.9. The lowest BCUT2D eigenvalue weighted by Gasteiger charge is -2.26. The third-order valence-corrected chi connectivity index (χ3v) is 30.0. The van der Waals surface area contributed by atoms with Crippen molar-refractivity contribution in [3.63, 3.8) is 0 Å². The zero-order valence-corrected chi connectivity index (χ0v) is 82.3. The van der Waals surface area contributed by atoms with Crippen LogP contribution in [0, 0.1) is 0 Å². The predicted octanol–water partition coefficient (Wildman–Crippen LogP) is 39.4. The molecule has 0 fully saturated rings. The average Bonchev–Trinajstić information content (AvgIpc) is 1.59. The summed E-state index contributed by atoms with van der Waals surface area (Å²) in [6.45, 7) is 0. The van der Waals surface area contributed by atoms with Crippen molar-refractivity contribution in [3.8, 4) is 134 Å². The molecule has 0 spiro atoms. The van der Waals surface area contributed by atoms with E-state index >= 15 is 0 Å². The van der Waals surface area contributed by atoms with Crippen molar-refractivity contribution < 1.29 is 0 Å². The van der Waals surface area contributed by atoms with Crippen LogP contribution in [0.1, 0.15) is 0 Å². The van der Waals surface area contributed by atoms with E-state index in [1.807, 2.05) is 0 Å². The van der Waals surface area contributed by atoms with Crippen LogP contribution in [0.3, 0.4) is 0 Å². The molecule has 4 heterocycles. The minimum Gasteiger partial charge on any atom is -0.311 e. The zero-order valence-electron chi connectivity index (χ0n) is 82.3. The van der Waals surface area contributed by atoms with Crippen molar-refractivity contribution in [1.29, 1.82) is 0 Å². The highest BCUT2D eigenvalue weighted by Gasteiger charge is 2.23. The Morgan fingerprint density at radius 3 is 0.433 bits per heavy atom. The molecular weight excluding hydrogens is 1810 g/mol. The van der Waals surface area contributed by atoms with Crippen LogP contribution in [0.25, 0.3) is 221 Å². The molecular formula is C144H98N6. The van der Waals surface area contributed by atoms with Gasteiger partial charge < -0.3 is 28.1 Å². The minimum absolute atomic E-state index is 1.09. The van der Waals surface area contributed by atoms with Crippen LogP contribution in [-0.2, 0) is 0 Å². The van der Waals surface area contributed by atoms with E-state index in [9.17, 15) is 0 Å². The fourth-order valence-electron chi connectivity index (χ4n) is 22.4. The molecule has 28 aromatic rings. The standard InChI is InChI=1S/2C72H49N3/c1-4-14-50(15-5-1)53-32-40-62(41-33-53)73(63-42-34-54(35-43-63)51-24-28-56(29-25-51)58-38-46-71-67(48-58)65-20-10-12-22-69(65)74(71)60-16-6-2-7-17-60)64-44-36-55(37-45-64)52-26-30-57(31-27-52)59-39-47-72-68(49-59)66-21-11-13-23-70(66)75(72)61-18-8-3-9-19-61;1-2-12-50(13-3-1)55-30-40-60(41-31-55)73(61-42-32-56(33-43-61)51-22-26-53(27-23-51)58-36-46-63(47-37-58)74-69-18-8-4-14-65(69)66-15-5-9-19-70(66)74)62-44-34-57(35-45-62)52-24-28-54(29-25-52)59-38-48-64(49-39-59)75-71-20-10-6-16-67(71)68-17-7-11-21-72(68)75/h2*1-49H. The molecule has 0 unspecified atom stereocenters. The van der Waals surface area contributed by atoms with E-state index in [-0.39, 0.29) is 0 Å². The van der Waals surface area contributed by atoms with E-state index in [0.717, 1.165) is 45.5 Å². The summed E-state index contributed by atoms with van der Waals surface area (Å²) in [7, 11) is 0. The Balaban J connectivity index is 0.000000148. The highest BCUT2D eigenvalue weighted by Crippen LogP contribution is 2.46. The van der Waals surface area contributed by atoms with Gasteiger partial charge >= 0.3 is 0 Å². The van der Waals surface area contributed by atoms with Crippen LogP contribution >= 0.6 is 0 Å². The molecule has 150 heavy (non-hydrogen) atoms. The minimum atomic E-state index is 1.09. The largest absolute Gasteiger partial charge is 0.311 e. The quantitative estimate of drug-likeness (QED) is 0.0760. The summed E-state index contributed by atoms with van der Waals surface area (Å²) in [6.07, 6.45) is 0. The maximum atomic E-state index is 2.37. The van der Waals surface area contributed by atoms with Gasteiger partial charge in [0.1, 0.15) is 0 Å². The third kappa shape index (κ3) is 16.7. The summed E-state index contributed by atoms with van der Waals surface area (Å²) in [5.74, 6) is 0. The topological polar surface area (TPSA) is 26.2 Å². The van der Waals surface area contributed by atoms with Gasteiger partial charge in [0.2, 0.25) is 0 Å². The number of nitrogens with zero attached hydrogens (tertiary/aromatic N) is 6.